The van der Waals surface area contributed by atoms with Crippen LogP contribution in [-0.4, -0.2) is 17.9 Å². The number of fused-ring (bicyclic) bond motifs is 3. The lowest BCUT2D eigenvalue weighted by Gasteiger charge is -2.44. The fourth-order valence-electron chi connectivity index (χ4n) is 4.05. The number of hydrogen-bond acceptors (Lipinski definition) is 3. The first kappa shape index (κ1) is 11.9. The molecule has 0 aromatic heterocycles. The fourth-order valence-corrected chi connectivity index (χ4v) is 4.05. The molecule has 0 radical (unpaired) electrons. The number of ether oxygens (including phenoxy) is 1. The normalized spacial score (nSPS) is 43.6. The molecule has 3 aliphatic rings. The summed E-state index contributed by atoms with van der Waals surface area (Å²) in [6.45, 7) is 6.09. The molecule has 0 aromatic rings. The Hall–Kier alpha value is -1.12. The zero-order chi connectivity index (χ0) is 13.1. The Balaban J connectivity index is 2.08. The van der Waals surface area contributed by atoms with Crippen LogP contribution in [0.15, 0.2) is 11.1 Å². The van der Waals surface area contributed by atoms with Crippen LogP contribution in [0.3, 0.4) is 0 Å². The van der Waals surface area contributed by atoms with Gasteiger partial charge in [-0.15, -0.1) is 0 Å². The molecular weight excluding hydrogens is 228 g/mol. The molecule has 18 heavy (non-hydrogen) atoms. The minimum absolute atomic E-state index is 0.0168. The Morgan fingerprint density at radius 2 is 2.00 bits per heavy atom. The van der Waals surface area contributed by atoms with Crippen molar-refractivity contribution in [2.24, 2.45) is 17.3 Å². The molecule has 1 heterocycles. The maximum Gasteiger partial charge on any atom is 0.309 e. The van der Waals surface area contributed by atoms with Crippen molar-refractivity contribution < 1.29 is 14.3 Å². The molecule has 0 aromatic carbocycles. The molecule has 4 atom stereocenters. The molecule has 2 fully saturated rings. The number of carbonyl (C=O) groups excluding carboxylic acids is 2. The standard InChI is InChI=1S/C15H20O3/c1-8-4-5-11(16)15(3)7-6-10-9(2)14(17)18-13(10)12(8)15/h9-10,13H,4-7H2,1-3H3/t9?,10-,13?,15-/m0/s1. The zero-order valence-corrected chi connectivity index (χ0v) is 11.3. The predicted octanol–water partition coefficient (Wildman–Crippen LogP) is 2.64. The molecular formula is C15H20O3. The smallest absolute Gasteiger partial charge is 0.309 e. The number of ketones is 1. The fraction of sp³-hybridized carbons (Fsp3) is 0.733. The third-order valence-corrected chi connectivity index (χ3v) is 5.30. The third-order valence-electron chi connectivity index (χ3n) is 5.30. The van der Waals surface area contributed by atoms with E-state index in [9.17, 15) is 9.59 Å². The van der Waals surface area contributed by atoms with E-state index in [0.29, 0.717) is 12.2 Å². The SMILES string of the molecule is CC1=C2C3OC(=O)C(C)[C@@H]3CC[C@@]2(C)C(=O)CC1. The van der Waals surface area contributed by atoms with Gasteiger partial charge in [0, 0.05) is 12.3 Å². The van der Waals surface area contributed by atoms with Crippen molar-refractivity contribution in [3.05, 3.63) is 11.1 Å². The van der Waals surface area contributed by atoms with E-state index < -0.39 is 0 Å². The Morgan fingerprint density at radius 3 is 2.72 bits per heavy atom. The molecule has 3 rings (SSSR count). The number of esters is 1. The van der Waals surface area contributed by atoms with Gasteiger partial charge in [0.2, 0.25) is 0 Å². The highest BCUT2D eigenvalue weighted by Crippen LogP contribution is 2.53. The molecule has 0 bridgehead atoms. The number of allylic oxidation sites excluding steroid dienone is 1. The second-order valence-electron chi connectivity index (χ2n) is 6.30. The first-order valence-electron chi connectivity index (χ1n) is 6.89. The van der Waals surface area contributed by atoms with Crippen molar-refractivity contribution in [3.8, 4) is 0 Å². The molecule has 0 amide bonds. The second-order valence-corrected chi connectivity index (χ2v) is 6.30. The topological polar surface area (TPSA) is 43.4 Å². The average Bonchev–Trinajstić information content (AvgIpc) is 2.60. The summed E-state index contributed by atoms with van der Waals surface area (Å²) >= 11 is 0. The van der Waals surface area contributed by atoms with Gasteiger partial charge in [-0.2, -0.15) is 0 Å². The van der Waals surface area contributed by atoms with Crippen LogP contribution in [-0.2, 0) is 14.3 Å². The quantitative estimate of drug-likeness (QED) is 0.489. The first-order valence-corrected chi connectivity index (χ1v) is 6.89. The highest BCUT2D eigenvalue weighted by Gasteiger charge is 2.55. The van der Waals surface area contributed by atoms with Gasteiger partial charge in [0.1, 0.15) is 11.9 Å². The van der Waals surface area contributed by atoms with Crippen LogP contribution in [0.2, 0.25) is 0 Å². The van der Waals surface area contributed by atoms with E-state index >= 15 is 0 Å². The van der Waals surface area contributed by atoms with E-state index in [1.165, 1.54) is 5.57 Å². The number of hydrogen-bond donors (Lipinski definition) is 0. The number of Topliss-reactive ketones (excluding diaryl/α,β-unsaturated/α-hetero) is 1. The van der Waals surface area contributed by atoms with Crippen LogP contribution in [0.25, 0.3) is 0 Å². The highest BCUT2D eigenvalue weighted by atomic mass is 16.6. The maximum atomic E-state index is 12.3. The minimum atomic E-state index is -0.367. The molecule has 1 saturated heterocycles. The van der Waals surface area contributed by atoms with E-state index in [0.717, 1.165) is 24.8 Å². The predicted molar refractivity (Wildman–Crippen MR) is 66.8 cm³/mol. The summed E-state index contributed by atoms with van der Waals surface area (Å²) in [4.78, 5) is 24.1. The summed E-state index contributed by atoms with van der Waals surface area (Å²) in [7, 11) is 0. The summed E-state index contributed by atoms with van der Waals surface area (Å²) in [6, 6.07) is 0. The molecule has 2 unspecified atom stereocenters. The summed E-state index contributed by atoms with van der Waals surface area (Å²) < 4.78 is 5.58. The maximum absolute atomic E-state index is 12.3. The molecule has 0 N–H and O–H groups in total. The Morgan fingerprint density at radius 1 is 1.28 bits per heavy atom. The van der Waals surface area contributed by atoms with Crippen LogP contribution in [0, 0.1) is 17.3 Å². The largest absolute Gasteiger partial charge is 0.457 e. The first-order chi connectivity index (χ1) is 8.45. The van der Waals surface area contributed by atoms with Gasteiger partial charge < -0.3 is 4.74 Å². The van der Waals surface area contributed by atoms with Gasteiger partial charge in [0.15, 0.2) is 0 Å². The molecule has 1 aliphatic heterocycles. The highest BCUT2D eigenvalue weighted by molar-refractivity contribution is 5.90. The van der Waals surface area contributed by atoms with Crippen LogP contribution < -0.4 is 0 Å². The third kappa shape index (κ3) is 1.36. The van der Waals surface area contributed by atoms with Crippen molar-refractivity contribution in [2.75, 3.05) is 0 Å². The van der Waals surface area contributed by atoms with Gasteiger partial charge in [-0.25, -0.2) is 0 Å². The zero-order valence-electron chi connectivity index (χ0n) is 11.3. The van der Waals surface area contributed by atoms with Crippen molar-refractivity contribution in [3.63, 3.8) is 0 Å². The Labute approximate surface area is 108 Å². The van der Waals surface area contributed by atoms with Crippen molar-refractivity contribution in [1.82, 2.24) is 0 Å². The van der Waals surface area contributed by atoms with Crippen molar-refractivity contribution >= 4 is 11.8 Å². The van der Waals surface area contributed by atoms with Crippen molar-refractivity contribution in [2.45, 2.75) is 52.6 Å². The van der Waals surface area contributed by atoms with E-state index in [1.54, 1.807) is 0 Å². The van der Waals surface area contributed by atoms with Gasteiger partial charge in [0.05, 0.1) is 11.3 Å². The van der Waals surface area contributed by atoms with Crippen molar-refractivity contribution in [1.29, 1.82) is 0 Å². The second kappa shape index (κ2) is 3.69. The van der Waals surface area contributed by atoms with Gasteiger partial charge in [-0.3, -0.25) is 9.59 Å². The van der Waals surface area contributed by atoms with E-state index in [2.05, 4.69) is 6.92 Å². The lowest BCUT2D eigenvalue weighted by Crippen LogP contribution is -2.45. The summed E-state index contributed by atoms with van der Waals surface area (Å²) in [5.41, 5.74) is 2.04. The van der Waals surface area contributed by atoms with Crippen LogP contribution in [0.4, 0.5) is 0 Å². The minimum Gasteiger partial charge on any atom is -0.457 e. The van der Waals surface area contributed by atoms with E-state index in [-0.39, 0.29) is 29.3 Å². The van der Waals surface area contributed by atoms with Gasteiger partial charge in [0.25, 0.3) is 0 Å². The Kier molecular flexibility index (Phi) is 2.45. The number of carbonyl (C=O) groups is 2. The van der Waals surface area contributed by atoms with E-state index in [1.807, 2.05) is 13.8 Å². The molecule has 3 heteroatoms. The lowest BCUT2D eigenvalue weighted by molar-refractivity contribution is -0.144. The summed E-state index contributed by atoms with van der Waals surface area (Å²) in [5.74, 6) is 0.503. The molecule has 1 saturated carbocycles. The van der Waals surface area contributed by atoms with Gasteiger partial charge in [-0.1, -0.05) is 12.5 Å². The van der Waals surface area contributed by atoms with E-state index in [4.69, 9.17) is 4.74 Å². The molecule has 3 nitrogen and oxygen atoms in total. The number of rotatable bonds is 0. The summed E-state index contributed by atoms with van der Waals surface area (Å²) in [6.07, 6.45) is 3.15. The van der Waals surface area contributed by atoms with Gasteiger partial charge in [-0.05, 0) is 38.7 Å². The molecule has 2 aliphatic carbocycles. The average molecular weight is 248 g/mol. The summed E-state index contributed by atoms with van der Waals surface area (Å²) in [5, 5.41) is 0. The van der Waals surface area contributed by atoms with Crippen LogP contribution in [0.1, 0.15) is 46.5 Å². The lowest BCUT2D eigenvalue weighted by atomic mass is 9.59. The van der Waals surface area contributed by atoms with Gasteiger partial charge >= 0.3 is 5.97 Å². The van der Waals surface area contributed by atoms with Crippen LogP contribution >= 0.6 is 0 Å². The Bertz CT molecular complexity index is 462. The molecule has 0 spiro atoms. The van der Waals surface area contributed by atoms with Crippen LogP contribution in [0.5, 0.6) is 0 Å². The molecule has 98 valence electrons. The monoisotopic (exact) mass is 248 g/mol.